The van der Waals surface area contributed by atoms with Crippen LogP contribution in [0.15, 0.2) is 0 Å². The van der Waals surface area contributed by atoms with E-state index in [1.165, 1.54) is 10.1 Å². The van der Waals surface area contributed by atoms with Gasteiger partial charge in [0.05, 0.1) is 26.1 Å². The molecule has 0 saturated carbocycles. The normalized spacial score (nSPS) is 23.5. The second kappa shape index (κ2) is 23.2. The van der Waals surface area contributed by atoms with Crippen LogP contribution in [0.1, 0.15) is 213 Å². The summed E-state index contributed by atoms with van der Waals surface area (Å²) in [6.45, 7) is 27.0. The van der Waals surface area contributed by atoms with Gasteiger partial charge >= 0.3 is 29.8 Å². The molecule has 3 rings (SSSR count). The van der Waals surface area contributed by atoms with E-state index < -0.39 is 81.1 Å². The lowest BCUT2D eigenvalue weighted by Crippen LogP contribution is -2.61. The van der Waals surface area contributed by atoms with Crippen LogP contribution in [0.4, 0.5) is 0 Å². The monoisotopic (exact) mass is 952 g/mol. The number of carbonyl (C=O) groups excluding carboxylic acids is 6. The first-order valence-electron chi connectivity index (χ1n) is 25.0. The van der Waals surface area contributed by atoms with Crippen molar-refractivity contribution in [2.24, 2.45) is 10.8 Å². The molecule has 3 aliphatic rings. The van der Waals surface area contributed by atoms with Crippen LogP contribution in [-0.2, 0) is 52.5 Å². The molecule has 0 amide bonds. The summed E-state index contributed by atoms with van der Waals surface area (Å²) in [6, 6.07) is 0. The molecule has 2 atom stereocenters. The molecular weight excluding hydrogens is 863 g/mol. The smallest absolute Gasteiger partial charge is 0.323 e. The molecule has 3 N–H and O–H groups in total. The highest BCUT2D eigenvalue weighted by molar-refractivity contribution is 6.00. The van der Waals surface area contributed by atoms with E-state index in [-0.39, 0.29) is 75.7 Å². The Morgan fingerprint density at radius 3 is 1.25 bits per heavy atom. The summed E-state index contributed by atoms with van der Waals surface area (Å²) in [5.41, 5.74) is -6.42. The van der Waals surface area contributed by atoms with Crippen LogP contribution in [0.3, 0.4) is 0 Å². The van der Waals surface area contributed by atoms with Crippen molar-refractivity contribution in [1.29, 1.82) is 0 Å². The zero-order chi connectivity index (χ0) is 50.9. The van der Waals surface area contributed by atoms with Crippen LogP contribution in [0.25, 0.3) is 0 Å². The van der Waals surface area contributed by atoms with E-state index in [0.29, 0.717) is 64.1 Å². The zero-order valence-electron chi connectivity index (χ0n) is 43.7. The Bertz CT molecular complexity index is 1660. The van der Waals surface area contributed by atoms with E-state index in [4.69, 9.17) is 23.7 Å². The number of piperidine rings is 3. The fourth-order valence-electron chi connectivity index (χ4n) is 11.2. The maximum atomic E-state index is 14.6. The number of esters is 5. The number of aldehydes is 1. The molecule has 0 spiro atoms. The highest BCUT2D eigenvalue weighted by Crippen LogP contribution is 2.43. The quantitative estimate of drug-likeness (QED) is 0.0272. The highest BCUT2D eigenvalue weighted by atomic mass is 16.6. The highest BCUT2D eigenvalue weighted by Gasteiger charge is 2.54. The van der Waals surface area contributed by atoms with E-state index in [1.54, 1.807) is 0 Å². The van der Waals surface area contributed by atoms with Gasteiger partial charge in [-0.2, -0.15) is 10.1 Å². The predicted octanol–water partition coefficient (Wildman–Crippen LogP) is 8.73. The largest absolute Gasteiger partial charge is 0.466 e. The van der Waals surface area contributed by atoms with E-state index in [0.717, 1.165) is 6.42 Å². The third-order valence-electron chi connectivity index (χ3n) is 14.1. The molecule has 16 heteroatoms. The van der Waals surface area contributed by atoms with Crippen molar-refractivity contribution in [3.63, 3.8) is 0 Å². The van der Waals surface area contributed by atoms with Gasteiger partial charge in [0.15, 0.2) is 5.41 Å². The van der Waals surface area contributed by atoms with Crippen LogP contribution in [-0.4, -0.2) is 121 Å². The molecule has 0 bridgehead atoms. The molecule has 0 aromatic rings. The minimum absolute atomic E-state index is 0.00927. The Balaban J connectivity index is 1.62. The number of unbranched alkanes of at least 4 members (excludes halogenated alkanes) is 2. The molecular formula is C51H89N3O13. The number of rotatable bonds is 24. The van der Waals surface area contributed by atoms with Crippen molar-refractivity contribution in [2.75, 3.05) is 13.2 Å². The molecule has 0 aromatic carbocycles. The standard InChI is InChI=1S/C51H89N3O13/c1-15-17-23-50(35-55,41(58)65-37-31-46(7,8)53(61)47(9,10)32-37)24-19-27-63-39(56)21-22-40(57)64-28-20-26-51(25-18-16-2,42(59)66-36-29-44(3,4)52-45(5,6)30-36)43(60)67-38-33-48(11,12)54(62)49(13,14)34-38/h35-38,52,61-62H,15-34H2,1-14H3. The van der Waals surface area contributed by atoms with Gasteiger partial charge in [-0.15, -0.1) is 0 Å². The van der Waals surface area contributed by atoms with Crippen molar-refractivity contribution >= 4 is 36.1 Å². The summed E-state index contributed by atoms with van der Waals surface area (Å²) in [7, 11) is 0. The van der Waals surface area contributed by atoms with Crippen molar-refractivity contribution < 1.29 is 62.9 Å². The lowest BCUT2D eigenvalue weighted by molar-refractivity contribution is -0.260. The predicted molar refractivity (Wildman–Crippen MR) is 252 cm³/mol. The average molecular weight is 952 g/mol. The van der Waals surface area contributed by atoms with E-state index in [2.05, 4.69) is 33.0 Å². The minimum Gasteiger partial charge on any atom is -0.466 e. The maximum absolute atomic E-state index is 14.6. The molecule has 67 heavy (non-hydrogen) atoms. The number of nitrogens with one attached hydrogen (secondary N) is 1. The van der Waals surface area contributed by atoms with Crippen molar-refractivity contribution in [2.45, 2.75) is 264 Å². The number of hydrogen-bond donors (Lipinski definition) is 3. The number of nitrogens with zero attached hydrogens (tertiary/aromatic N) is 2. The molecule has 0 radical (unpaired) electrons. The van der Waals surface area contributed by atoms with Gasteiger partial charge in [0.1, 0.15) is 30.0 Å². The molecule has 16 nitrogen and oxygen atoms in total. The number of ether oxygens (including phenoxy) is 5. The van der Waals surface area contributed by atoms with Gasteiger partial charge in [-0.05, 0) is 122 Å². The second-order valence-corrected chi connectivity index (χ2v) is 23.8. The Labute approximate surface area is 401 Å². The topological polar surface area (TPSA) is 208 Å². The van der Waals surface area contributed by atoms with Gasteiger partial charge in [-0.1, -0.05) is 39.5 Å². The Kier molecular flexibility index (Phi) is 20.1. The Morgan fingerprint density at radius 2 is 0.866 bits per heavy atom. The van der Waals surface area contributed by atoms with Gasteiger partial charge in [-0.3, -0.25) is 24.0 Å². The summed E-state index contributed by atoms with van der Waals surface area (Å²) < 4.78 is 29.4. The molecule has 3 saturated heterocycles. The summed E-state index contributed by atoms with van der Waals surface area (Å²) in [5.74, 6) is -3.24. The van der Waals surface area contributed by atoms with Crippen molar-refractivity contribution in [1.82, 2.24) is 15.4 Å². The second-order valence-electron chi connectivity index (χ2n) is 23.8. The van der Waals surface area contributed by atoms with Crippen LogP contribution >= 0.6 is 0 Å². The molecule has 3 heterocycles. The first-order chi connectivity index (χ1) is 30.8. The molecule has 2 unspecified atom stereocenters. The van der Waals surface area contributed by atoms with Crippen molar-refractivity contribution in [3.05, 3.63) is 0 Å². The van der Waals surface area contributed by atoms with Gasteiger partial charge < -0.3 is 44.2 Å². The molecule has 386 valence electrons. The zero-order valence-corrected chi connectivity index (χ0v) is 43.7. The summed E-state index contributed by atoms with van der Waals surface area (Å²) in [4.78, 5) is 81.0. The third kappa shape index (κ3) is 15.9. The van der Waals surface area contributed by atoms with Gasteiger partial charge in [-0.25, -0.2) is 0 Å². The van der Waals surface area contributed by atoms with Crippen LogP contribution in [0.5, 0.6) is 0 Å². The third-order valence-corrected chi connectivity index (χ3v) is 14.1. The van der Waals surface area contributed by atoms with Gasteiger partial charge in [0.25, 0.3) is 0 Å². The maximum Gasteiger partial charge on any atom is 0.323 e. The fourth-order valence-corrected chi connectivity index (χ4v) is 11.2. The first kappa shape index (κ1) is 58.1. The van der Waals surface area contributed by atoms with Crippen LogP contribution in [0, 0.1) is 10.8 Å². The first-order valence-corrected chi connectivity index (χ1v) is 25.0. The number of carbonyl (C=O) groups is 6. The van der Waals surface area contributed by atoms with Crippen LogP contribution in [0.2, 0.25) is 0 Å². The molecule has 3 fully saturated rings. The van der Waals surface area contributed by atoms with E-state index in [1.807, 2.05) is 69.2 Å². The lowest BCUT2D eigenvalue weighted by atomic mass is 9.77. The van der Waals surface area contributed by atoms with Gasteiger partial charge in [0.2, 0.25) is 0 Å². The SMILES string of the molecule is CCCCC(C=O)(CCCOC(=O)CCC(=O)OCCCC(CCCC)(C(=O)OC1CC(C)(C)NC(C)(C)C1)C(=O)OC1CC(C)(C)N(O)C(C)(C)C1)C(=O)OC1CC(C)(C)N(O)C(C)(C)C1. The molecule has 0 aromatic heterocycles. The summed E-state index contributed by atoms with van der Waals surface area (Å²) >= 11 is 0. The minimum atomic E-state index is -1.67. The van der Waals surface area contributed by atoms with Gasteiger partial charge in [0, 0.05) is 71.8 Å². The summed E-state index contributed by atoms with van der Waals surface area (Å²) in [5, 5.41) is 27.8. The number of hydroxylamine groups is 4. The Hall–Kier alpha value is -3.18. The fraction of sp³-hybridized carbons (Fsp3) is 0.882. The lowest BCUT2D eigenvalue weighted by Gasteiger charge is -2.51. The average Bonchev–Trinajstić information content (AvgIpc) is 3.19. The van der Waals surface area contributed by atoms with E-state index >= 15 is 0 Å². The van der Waals surface area contributed by atoms with Crippen LogP contribution < -0.4 is 5.32 Å². The number of hydrogen-bond acceptors (Lipinski definition) is 16. The summed E-state index contributed by atoms with van der Waals surface area (Å²) in [6.07, 6.45) is 4.78. The molecule has 3 aliphatic heterocycles. The van der Waals surface area contributed by atoms with E-state index in [9.17, 15) is 39.2 Å². The Morgan fingerprint density at radius 1 is 0.537 bits per heavy atom. The van der Waals surface area contributed by atoms with Crippen molar-refractivity contribution in [3.8, 4) is 0 Å². The molecule has 0 aliphatic carbocycles.